The normalized spacial score (nSPS) is 11.7. The minimum absolute atomic E-state index is 0.183. The summed E-state index contributed by atoms with van der Waals surface area (Å²) in [7, 11) is 0. The first kappa shape index (κ1) is 8.97. The average molecular weight is 174 g/mol. The SMILES string of the molecule is Cc1cc(N)ccc1[B-](F)(F)F. The van der Waals surface area contributed by atoms with Gasteiger partial charge in [-0.3, -0.25) is 0 Å². The van der Waals surface area contributed by atoms with Crippen LogP contribution in [0.2, 0.25) is 0 Å². The highest BCUT2D eigenvalue weighted by Gasteiger charge is 2.26. The summed E-state index contributed by atoms with van der Waals surface area (Å²) < 4.78 is 36.6. The Morgan fingerprint density at radius 1 is 1.25 bits per heavy atom. The van der Waals surface area contributed by atoms with Gasteiger partial charge in [0.2, 0.25) is 0 Å². The molecular formula is C7H8BF3N-. The van der Waals surface area contributed by atoms with Crippen molar-refractivity contribution in [3.05, 3.63) is 23.8 Å². The van der Waals surface area contributed by atoms with E-state index in [4.69, 9.17) is 5.73 Å². The van der Waals surface area contributed by atoms with Gasteiger partial charge in [-0.25, -0.2) is 0 Å². The van der Waals surface area contributed by atoms with Crippen molar-refractivity contribution in [2.45, 2.75) is 6.92 Å². The molecule has 1 aromatic carbocycles. The second kappa shape index (κ2) is 2.73. The first-order valence-corrected chi connectivity index (χ1v) is 3.47. The topological polar surface area (TPSA) is 26.0 Å². The van der Waals surface area contributed by atoms with E-state index in [1.807, 2.05) is 0 Å². The van der Waals surface area contributed by atoms with Gasteiger partial charge in [0.1, 0.15) is 0 Å². The van der Waals surface area contributed by atoms with Gasteiger partial charge in [0.15, 0.2) is 0 Å². The highest BCUT2D eigenvalue weighted by molar-refractivity contribution is 6.74. The van der Waals surface area contributed by atoms with Gasteiger partial charge in [0, 0.05) is 5.69 Å². The van der Waals surface area contributed by atoms with Gasteiger partial charge in [-0.1, -0.05) is 11.6 Å². The van der Waals surface area contributed by atoms with Crippen LogP contribution >= 0.6 is 0 Å². The molecule has 0 aliphatic carbocycles. The highest BCUT2D eigenvalue weighted by Crippen LogP contribution is 2.13. The Kier molecular flexibility index (Phi) is 2.04. The zero-order valence-electron chi connectivity index (χ0n) is 6.52. The number of aryl methyl sites for hydroxylation is 1. The first-order valence-electron chi connectivity index (χ1n) is 3.47. The van der Waals surface area contributed by atoms with Crippen LogP contribution in [0, 0.1) is 6.92 Å². The fourth-order valence-corrected chi connectivity index (χ4v) is 1.07. The molecule has 0 unspecified atom stereocenters. The van der Waals surface area contributed by atoms with Crippen LogP contribution in [0.25, 0.3) is 0 Å². The molecule has 0 saturated heterocycles. The predicted molar refractivity (Wildman–Crippen MR) is 44.3 cm³/mol. The quantitative estimate of drug-likeness (QED) is 0.508. The van der Waals surface area contributed by atoms with Gasteiger partial charge in [-0.2, -0.15) is 0 Å². The van der Waals surface area contributed by atoms with Crippen molar-refractivity contribution in [1.82, 2.24) is 0 Å². The van der Waals surface area contributed by atoms with E-state index >= 15 is 0 Å². The molecule has 1 rings (SSSR count). The maximum absolute atomic E-state index is 12.2. The van der Waals surface area contributed by atoms with E-state index < -0.39 is 12.4 Å². The van der Waals surface area contributed by atoms with Crippen LogP contribution in [0.3, 0.4) is 0 Å². The largest absolute Gasteiger partial charge is 0.509 e. The summed E-state index contributed by atoms with van der Waals surface area (Å²) in [4.78, 5) is 0. The zero-order valence-corrected chi connectivity index (χ0v) is 6.52. The lowest BCUT2D eigenvalue weighted by Gasteiger charge is -2.17. The van der Waals surface area contributed by atoms with E-state index in [9.17, 15) is 12.9 Å². The number of benzene rings is 1. The Morgan fingerprint density at radius 2 is 1.83 bits per heavy atom. The third-order valence-electron chi connectivity index (χ3n) is 1.65. The summed E-state index contributed by atoms with van der Waals surface area (Å²) in [5.74, 6) is 0. The van der Waals surface area contributed by atoms with Crippen molar-refractivity contribution in [2.75, 3.05) is 5.73 Å². The first-order chi connectivity index (χ1) is 5.41. The monoisotopic (exact) mass is 174 g/mol. The fourth-order valence-electron chi connectivity index (χ4n) is 1.07. The second-order valence-electron chi connectivity index (χ2n) is 2.69. The highest BCUT2D eigenvalue weighted by atomic mass is 19.4. The molecule has 0 saturated carbocycles. The second-order valence-corrected chi connectivity index (χ2v) is 2.69. The Bertz CT molecular complexity index is 295. The number of rotatable bonds is 1. The number of anilines is 1. The lowest BCUT2D eigenvalue weighted by molar-refractivity contribution is 0.500. The summed E-state index contributed by atoms with van der Waals surface area (Å²) in [6, 6.07) is 3.60. The van der Waals surface area contributed by atoms with Gasteiger partial charge in [0.05, 0.1) is 0 Å². The minimum Gasteiger partial charge on any atom is -0.445 e. The maximum Gasteiger partial charge on any atom is 0.509 e. The number of halogens is 3. The molecule has 0 bridgehead atoms. The lowest BCUT2D eigenvalue weighted by atomic mass is 9.77. The van der Waals surface area contributed by atoms with E-state index in [2.05, 4.69) is 0 Å². The molecule has 0 aliphatic rings. The molecule has 0 aliphatic heterocycles. The molecule has 0 radical (unpaired) electrons. The van der Waals surface area contributed by atoms with Crippen LogP contribution in [0.5, 0.6) is 0 Å². The zero-order chi connectivity index (χ0) is 9.35. The van der Waals surface area contributed by atoms with Gasteiger partial charge in [-0.15, -0.1) is 5.46 Å². The van der Waals surface area contributed by atoms with E-state index in [0.29, 0.717) is 5.69 Å². The molecule has 0 aromatic heterocycles. The lowest BCUT2D eigenvalue weighted by Crippen LogP contribution is -2.35. The summed E-state index contributed by atoms with van der Waals surface area (Å²) in [5.41, 5.74) is 5.29. The van der Waals surface area contributed by atoms with E-state index in [1.54, 1.807) is 0 Å². The third-order valence-corrected chi connectivity index (χ3v) is 1.65. The van der Waals surface area contributed by atoms with Crippen molar-refractivity contribution in [1.29, 1.82) is 0 Å². The van der Waals surface area contributed by atoms with Gasteiger partial charge < -0.3 is 18.7 Å². The molecule has 1 aromatic rings. The summed E-state index contributed by atoms with van der Waals surface area (Å²) in [6.45, 7) is -3.50. The Hall–Kier alpha value is -1.13. The number of hydrogen-bond acceptors (Lipinski definition) is 1. The number of hydrogen-bond donors (Lipinski definition) is 1. The molecule has 0 spiro atoms. The minimum atomic E-state index is -4.90. The average Bonchev–Trinajstić information content (AvgIpc) is 1.83. The Morgan fingerprint density at radius 3 is 2.25 bits per heavy atom. The molecule has 0 heterocycles. The van der Waals surface area contributed by atoms with E-state index in [0.717, 1.165) is 6.07 Å². The van der Waals surface area contributed by atoms with Gasteiger partial charge in [0.25, 0.3) is 0 Å². The van der Waals surface area contributed by atoms with Crippen molar-refractivity contribution in [3.63, 3.8) is 0 Å². The van der Waals surface area contributed by atoms with Crippen molar-refractivity contribution < 1.29 is 12.9 Å². The maximum atomic E-state index is 12.2. The molecule has 12 heavy (non-hydrogen) atoms. The molecule has 0 fully saturated rings. The molecule has 66 valence electrons. The van der Waals surface area contributed by atoms with Crippen LogP contribution in [-0.2, 0) is 0 Å². The van der Waals surface area contributed by atoms with Crippen molar-refractivity contribution in [2.24, 2.45) is 0 Å². The molecule has 2 N–H and O–H groups in total. The van der Waals surface area contributed by atoms with Gasteiger partial charge >= 0.3 is 6.98 Å². The van der Waals surface area contributed by atoms with E-state index in [1.165, 1.54) is 19.1 Å². The van der Waals surface area contributed by atoms with Crippen LogP contribution in [-0.4, -0.2) is 6.98 Å². The van der Waals surface area contributed by atoms with E-state index in [-0.39, 0.29) is 5.56 Å². The summed E-state index contributed by atoms with van der Waals surface area (Å²) >= 11 is 0. The van der Waals surface area contributed by atoms with Crippen LogP contribution in [0.1, 0.15) is 5.56 Å². The summed E-state index contributed by atoms with van der Waals surface area (Å²) in [6.07, 6.45) is 0. The number of nitrogens with two attached hydrogens (primary N) is 1. The van der Waals surface area contributed by atoms with Crippen LogP contribution in [0.4, 0.5) is 18.6 Å². The summed E-state index contributed by atoms with van der Waals surface area (Å²) in [5, 5.41) is 0. The fraction of sp³-hybridized carbons (Fsp3) is 0.143. The smallest absolute Gasteiger partial charge is 0.445 e. The third kappa shape index (κ3) is 1.72. The molecular weight excluding hydrogens is 166 g/mol. The van der Waals surface area contributed by atoms with Crippen molar-refractivity contribution >= 4 is 18.1 Å². The predicted octanol–water partition coefficient (Wildman–Crippen LogP) is 1.63. The molecule has 0 atom stereocenters. The van der Waals surface area contributed by atoms with Crippen LogP contribution in [0.15, 0.2) is 18.2 Å². The number of nitrogen functional groups attached to an aromatic ring is 1. The van der Waals surface area contributed by atoms with Gasteiger partial charge in [-0.05, 0) is 19.1 Å². The molecule has 0 amide bonds. The van der Waals surface area contributed by atoms with Crippen LogP contribution < -0.4 is 11.2 Å². The molecule has 1 nitrogen and oxygen atoms in total. The standard InChI is InChI=1S/C7H8BF3N/c1-5-4-6(12)2-3-7(5)8(9,10)11/h2-4H,12H2,1H3/q-1. The molecule has 5 heteroatoms. The Labute approximate surface area is 68.4 Å². The Balaban J connectivity index is 3.19. The van der Waals surface area contributed by atoms with Crippen molar-refractivity contribution in [3.8, 4) is 0 Å².